The van der Waals surface area contributed by atoms with E-state index in [4.69, 9.17) is 18.0 Å². The van der Waals surface area contributed by atoms with Gasteiger partial charge >= 0.3 is 0 Å². The Hall–Kier alpha value is -0.290. The summed E-state index contributed by atoms with van der Waals surface area (Å²) in [4.78, 5) is 12.1. The number of thiocarbonyl (C=S) groups is 1. The lowest BCUT2D eigenvalue weighted by Gasteiger charge is -2.24. The highest BCUT2D eigenvalue weighted by molar-refractivity contribution is 7.99. The van der Waals surface area contributed by atoms with Crippen molar-refractivity contribution in [3.63, 3.8) is 0 Å². The molecule has 0 radical (unpaired) electrons. The Kier molecular flexibility index (Phi) is 6.99. The molecule has 5 heteroatoms. The highest BCUT2D eigenvalue weighted by atomic mass is 32.2. The molecule has 0 saturated heterocycles. The smallest absolute Gasteiger partial charge is 0.229 e. The number of rotatable bonds is 7. The van der Waals surface area contributed by atoms with Crippen molar-refractivity contribution in [1.82, 2.24) is 5.32 Å². The fourth-order valence-corrected chi connectivity index (χ4v) is 1.63. The molecule has 0 aromatic rings. The molecule has 0 rings (SSSR count). The van der Waals surface area contributed by atoms with Gasteiger partial charge in [-0.15, -0.1) is 0 Å². The van der Waals surface area contributed by atoms with Crippen LogP contribution in [0, 0.1) is 5.92 Å². The van der Waals surface area contributed by atoms with E-state index in [1.54, 1.807) is 11.8 Å². The van der Waals surface area contributed by atoms with Crippen molar-refractivity contribution in [2.24, 2.45) is 11.7 Å². The van der Waals surface area contributed by atoms with Crippen LogP contribution in [0.25, 0.3) is 0 Å². The monoisotopic (exact) mass is 262 g/mol. The molecule has 16 heavy (non-hydrogen) atoms. The Morgan fingerprint density at radius 2 is 2.12 bits per heavy atom. The van der Waals surface area contributed by atoms with Crippen molar-refractivity contribution < 1.29 is 4.79 Å². The van der Waals surface area contributed by atoms with Gasteiger partial charge in [0.05, 0.1) is 10.9 Å². The van der Waals surface area contributed by atoms with E-state index in [1.165, 1.54) is 0 Å². The quantitative estimate of drug-likeness (QED) is 0.689. The van der Waals surface area contributed by atoms with E-state index >= 15 is 0 Å². The molecular formula is C11H22N2OS2. The lowest BCUT2D eigenvalue weighted by Crippen LogP contribution is -2.42. The first-order valence-corrected chi connectivity index (χ1v) is 7.09. The molecule has 0 aliphatic heterocycles. The maximum atomic E-state index is 11.8. The summed E-state index contributed by atoms with van der Waals surface area (Å²) in [6, 6.07) is 0. The molecule has 0 spiro atoms. The molecule has 0 aliphatic carbocycles. The highest BCUT2D eigenvalue weighted by Gasteiger charge is 2.23. The second-order valence-electron chi connectivity index (χ2n) is 4.43. The third kappa shape index (κ3) is 5.70. The van der Waals surface area contributed by atoms with Crippen LogP contribution < -0.4 is 11.1 Å². The average molecular weight is 262 g/mol. The number of carbonyl (C=O) groups is 1. The van der Waals surface area contributed by atoms with Crippen LogP contribution in [0.3, 0.4) is 0 Å². The molecule has 3 N–H and O–H groups in total. The molecule has 3 nitrogen and oxygen atoms in total. The minimum atomic E-state index is -0.322. The number of carbonyl (C=O) groups excluding carboxylic acids is 1. The molecule has 0 fully saturated rings. The third-order valence-electron chi connectivity index (χ3n) is 2.48. The van der Waals surface area contributed by atoms with E-state index in [1.807, 2.05) is 13.2 Å². The zero-order valence-electron chi connectivity index (χ0n) is 10.5. The van der Waals surface area contributed by atoms with Gasteiger partial charge in [-0.2, -0.15) is 11.8 Å². The molecule has 0 bridgehead atoms. The van der Waals surface area contributed by atoms with E-state index in [9.17, 15) is 4.79 Å². The average Bonchev–Trinajstić information content (AvgIpc) is 2.22. The van der Waals surface area contributed by atoms with Gasteiger partial charge in [-0.05, 0) is 26.5 Å². The lowest BCUT2D eigenvalue weighted by molar-refractivity contribution is -0.123. The minimum Gasteiger partial charge on any atom is -0.393 e. The van der Waals surface area contributed by atoms with E-state index in [2.05, 4.69) is 19.2 Å². The summed E-state index contributed by atoms with van der Waals surface area (Å²) in [5, 5.41) is 2.91. The summed E-state index contributed by atoms with van der Waals surface area (Å²) in [6.45, 7) is 6.83. The number of amides is 1. The van der Waals surface area contributed by atoms with Crippen LogP contribution in [0.15, 0.2) is 0 Å². The Balaban J connectivity index is 4.27. The predicted molar refractivity (Wildman–Crippen MR) is 75.8 cm³/mol. The molecule has 0 aromatic heterocycles. The minimum absolute atomic E-state index is 0.0443. The second kappa shape index (κ2) is 7.12. The van der Waals surface area contributed by atoms with Gasteiger partial charge < -0.3 is 11.1 Å². The topological polar surface area (TPSA) is 55.1 Å². The van der Waals surface area contributed by atoms with Crippen molar-refractivity contribution in [2.75, 3.05) is 12.8 Å². The van der Waals surface area contributed by atoms with Gasteiger partial charge in [0, 0.05) is 11.3 Å². The second-order valence-corrected chi connectivity index (χ2v) is 6.41. The van der Waals surface area contributed by atoms with Crippen LogP contribution in [-0.4, -0.2) is 28.4 Å². The Labute approximate surface area is 108 Å². The Morgan fingerprint density at radius 3 is 2.50 bits per heavy atom. The maximum Gasteiger partial charge on any atom is 0.229 e. The summed E-state index contributed by atoms with van der Waals surface area (Å²) in [5.74, 6) is -0.367. The molecule has 0 aromatic carbocycles. The molecule has 0 saturated carbocycles. The predicted octanol–water partition coefficient (Wildman–Crippen LogP) is 1.95. The summed E-state index contributed by atoms with van der Waals surface area (Å²) in [6.07, 6.45) is 3.66. The van der Waals surface area contributed by atoms with Crippen LogP contribution in [0.1, 0.15) is 33.6 Å². The fraction of sp³-hybridized carbons (Fsp3) is 0.818. The third-order valence-corrected chi connectivity index (χ3v) is 4.01. The van der Waals surface area contributed by atoms with Gasteiger partial charge in [-0.3, -0.25) is 4.79 Å². The molecule has 94 valence electrons. The molecular weight excluding hydrogens is 240 g/mol. The van der Waals surface area contributed by atoms with Gasteiger partial charge in [0.15, 0.2) is 0 Å². The lowest BCUT2D eigenvalue weighted by atomic mass is 10.0. The van der Waals surface area contributed by atoms with Crippen LogP contribution in [0.4, 0.5) is 0 Å². The maximum absolute atomic E-state index is 11.8. The molecule has 1 amide bonds. The Bertz CT molecular complexity index is 254. The van der Waals surface area contributed by atoms with Crippen molar-refractivity contribution >= 4 is 34.9 Å². The summed E-state index contributed by atoms with van der Waals surface area (Å²) >= 11 is 6.63. The fourth-order valence-electron chi connectivity index (χ4n) is 1.19. The largest absolute Gasteiger partial charge is 0.393 e. The molecule has 0 aliphatic rings. The SMILES string of the molecule is CCCC(C(=O)NCC(C)(C)SC)C(N)=S. The van der Waals surface area contributed by atoms with Crippen LogP contribution in [0.5, 0.6) is 0 Å². The van der Waals surface area contributed by atoms with Crippen molar-refractivity contribution in [3.8, 4) is 0 Å². The number of hydrogen-bond donors (Lipinski definition) is 2. The van der Waals surface area contributed by atoms with Gasteiger partial charge in [-0.25, -0.2) is 0 Å². The van der Waals surface area contributed by atoms with Crippen LogP contribution >= 0.6 is 24.0 Å². The van der Waals surface area contributed by atoms with E-state index < -0.39 is 0 Å². The number of nitrogens with one attached hydrogen (secondary N) is 1. The van der Waals surface area contributed by atoms with Gasteiger partial charge in [-0.1, -0.05) is 25.6 Å². The van der Waals surface area contributed by atoms with Crippen molar-refractivity contribution in [1.29, 1.82) is 0 Å². The normalized spacial score (nSPS) is 13.2. The van der Waals surface area contributed by atoms with Crippen molar-refractivity contribution in [2.45, 2.75) is 38.4 Å². The number of nitrogens with two attached hydrogens (primary N) is 1. The van der Waals surface area contributed by atoms with Crippen LogP contribution in [-0.2, 0) is 4.79 Å². The first kappa shape index (κ1) is 15.7. The first-order chi connectivity index (χ1) is 7.34. The zero-order chi connectivity index (χ0) is 12.8. The Morgan fingerprint density at radius 1 is 1.56 bits per heavy atom. The number of hydrogen-bond acceptors (Lipinski definition) is 3. The van der Waals surface area contributed by atoms with Gasteiger partial charge in [0.25, 0.3) is 0 Å². The summed E-state index contributed by atoms with van der Waals surface area (Å²) < 4.78 is 0.0443. The van der Waals surface area contributed by atoms with E-state index in [0.29, 0.717) is 11.5 Å². The highest BCUT2D eigenvalue weighted by Crippen LogP contribution is 2.19. The summed E-state index contributed by atoms with van der Waals surface area (Å²) in [7, 11) is 0. The van der Waals surface area contributed by atoms with E-state index in [-0.39, 0.29) is 16.6 Å². The zero-order valence-corrected chi connectivity index (χ0v) is 12.1. The summed E-state index contributed by atoms with van der Waals surface area (Å²) in [5.41, 5.74) is 5.56. The number of thioether (sulfide) groups is 1. The molecule has 1 unspecified atom stereocenters. The molecule has 1 atom stereocenters. The first-order valence-electron chi connectivity index (χ1n) is 5.46. The van der Waals surface area contributed by atoms with Gasteiger partial charge in [0.1, 0.15) is 0 Å². The van der Waals surface area contributed by atoms with E-state index in [0.717, 1.165) is 12.8 Å². The standard InChI is InChI=1S/C11H22N2OS2/c1-5-6-8(9(12)15)10(14)13-7-11(2,3)16-4/h8H,5-7H2,1-4H3,(H2,12,15)(H,13,14). The van der Waals surface area contributed by atoms with Crippen LogP contribution in [0.2, 0.25) is 0 Å². The van der Waals surface area contributed by atoms with Crippen molar-refractivity contribution in [3.05, 3.63) is 0 Å². The van der Waals surface area contributed by atoms with Gasteiger partial charge in [0.2, 0.25) is 5.91 Å². The molecule has 0 heterocycles.